The predicted octanol–water partition coefficient (Wildman–Crippen LogP) is 1.40. The summed E-state index contributed by atoms with van der Waals surface area (Å²) in [6, 6.07) is 0. The largest absolute Gasteiger partial charge is 0.520 e. The van der Waals surface area contributed by atoms with Crippen molar-refractivity contribution in [3.05, 3.63) is 24.0 Å². The van der Waals surface area contributed by atoms with E-state index < -0.39 is 6.16 Å². The van der Waals surface area contributed by atoms with E-state index in [9.17, 15) is 4.79 Å². The van der Waals surface area contributed by atoms with Gasteiger partial charge in [0.25, 0.3) is 5.88 Å². The van der Waals surface area contributed by atoms with Gasteiger partial charge < -0.3 is 25.7 Å². The van der Waals surface area contributed by atoms with E-state index in [1.165, 1.54) is 7.11 Å². The molecule has 2 rings (SSSR count). The summed E-state index contributed by atoms with van der Waals surface area (Å²) in [7, 11) is 1.36. The molecule has 0 radical (unpaired) electrons. The molecule has 0 saturated carbocycles. The first-order chi connectivity index (χ1) is 9.60. The second-order valence-corrected chi connectivity index (χ2v) is 3.85. The number of rotatable bonds is 3. The van der Waals surface area contributed by atoms with Crippen molar-refractivity contribution in [2.75, 3.05) is 18.6 Å². The van der Waals surface area contributed by atoms with Crippen molar-refractivity contribution in [3.63, 3.8) is 0 Å². The quantitative estimate of drug-likeness (QED) is 0.795. The zero-order valence-electron chi connectivity index (χ0n) is 10.8. The Morgan fingerprint density at radius 3 is 2.60 bits per heavy atom. The average molecular weight is 278 g/mol. The topological polar surface area (TPSA) is 123 Å². The van der Waals surface area contributed by atoms with Gasteiger partial charge in [-0.25, -0.2) is 4.79 Å². The standard InChI is InChI=1S/C12H14N4O4/c1-18-9-8(13)10(16-11(14)15-9)20-12(17)19-7-5-3-2-4-6-7/h3,5-6H,2,4,13H2,1H3,(H2,14,15,16). The average Bonchev–Trinajstić information content (AvgIpc) is 2.43. The van der Waals surface area contributed by atoms with Crippen molar-refractivity contribution in [1.82, 2.24) is 9.97 Å². The number of carbonyl (C=O) groups excluding carboxylic acids is 1. The zero-order chi connectivity index (χ0) is 14.5. The Balaban J connectivity index is 2.09. The van der Waals surface area contributed by atoms with Gasteiger partial charge in [0.1, 0.15) is 5.76 Å². The molecule has 0 aromatic carbocycles. The molecule has 1 heterocycles. The Kier molecular flexibility index (Phi) is 4.04. The first-order valence-corrected chi connectivity index (χ1v) is 5.83. The van der Waals surface area contributed by atoms with Gasteiger partial charge in [0.05, 0.1) is 7.11 Å². The van der Waals surface area contributed by atoms with E-state index in [1.54, 1.807) is 12.2 Å². The number of hydrogen-bond acceptors (Lipinski definition) is 8. The van der Waals surface area contributed by atoms with Crippen LogP contribution in [-0.2, 0) is 4.74 Å². The monoisotopic (exact) mass is 278 g/mol. The molecule has 0 bridgehead atoms. The second kappa shape index (κ2) is 5.91. The maximum absolute atomic E-state index is 11.6. The molecular formula is C12H14N4O4. The number of nitrogens with zero attached hydrogens (tertiary/aromatic N) is 2. The van der Waals surface area contributed by atoms with E-state index in [4.69, 9.17) is 25.7 Å². The van der Waals surface area contributed by atoms with Crippen molar-refractivity contribution in [2.24, 2.45) is 0 Å². The molecule has 8 heteroatoms. The Morgan fingerprint density at radius 2 is 1.95 bits per heavy atom. The molecular weight excluding hydrogens is 264 g/mol. The zero-order valence-corrected chi connectivity index (χ0v) is 10.8. The lowest BCUT2D eigenvalue weighted by Gasteiger charge is -2.10. The minimum absolute atomic E-state index is 0.0251. The summed E-state index contributed by atoms with van der Waals surface area (Å²) >= 11 is 0. The van der Waals surface area contributed by atoms with Crippen molar-refractivity contribution in [1.29, 1.82) is 0 Å². The number of allylic oxidation sites excluding steroid dienone is 3. The fraction of sp³-hybridized carbons (Fsp3) is 0.250. The molecule has 1 aromatic heterocycles. The molecule has 0 aliphatic heterocycles. The maximum Gasteiger partial charge on any atom is 0.520 e. The van der Waals surface area contributed by atoms with E-state index in [0.717, 1.165) is 12.8 Å². The van der Waals surface area contributed by atoms with Crippen LogP contribution in [0.1, 0.15) is 12.8 Å². The summed E-state index contributed by atoms with van der Waals surface area (Å²) in [5.74, 6) is 0.0984. The van der Waals surface area contributed by atoms with Gasteiger partial charge >= 0.3 is 6.16 Å². The Bertz CT molecular complexity index is 583. The lowest BCUT2D eigenvalue weighted by Crippen LogP contribution is -2.14. The molecule has 4 N–H and O–H groups in total. The molecule has 1 aromatic rings. The van der Waals surface area contributed by atoms with Crippen molar-refractivity contribution in [2.45, 2.75) is 12.8 Å². The molecule has 106 valence electrons. The predicted molar refractivity (Wildman–Crippen MR) is 71.0 cm³/mol. The van der Waals surface area contributed by atoms with Crippen LogP contribution in [0.4, 0.5) is 16.4 Å². The van der Waals surface area contributed by atoms with Gasteiger partial charge in [0, 0.05) is 0 Å². The van der Waals surface area contributed by atoms with E-state index >= 15 is 0 Å². The third-order valence-electron chi connectivity index (χ3n) is 2.43. The van der Waals surface area contributed by atoms with Gasteiger partial charge in [-0.05, 0) is 25.0 Å². The van der Waals surface area contributed by atoms with Crippen LogP contribution in [-0.4, -0.2) is 23.2 Å². The lowest BCUT2D eigenvalue weighted by molar-refractivity contribution is 0.127. The third kappa shape index (κ3) is 3.16. The summed E-state index contributed by atoms with van der Waals surface area (Å²) in [6.07, 6.45) is 6.10. The molecule has 0 fully saturated rings. The van der Waals surface area contributed by atoms with Crippen molar-refractivity contribution < 1.29 is 19.0 Å². The van der Waals surface area contributed by atoms with Gasteiger partial charge in [0.2, 0.25) is 11.8 Å². The fourth-order valence-corrected chi connectivity index (χ4v) is 1.54. The lowest BCUT2D eigenvalue weighted by atomic mass is 10.2. The Morgan fingerprint density at radius 1 is 1.20 bits per heavy atom. The van der Waals surface area contributed by atoms with Gasteiger partial charge in [-0.3, -0.25) is 0 Å². The van der Waals surface area contributed by atoms with Gasteiger partial charge in [0.15, 0.2) is 5.69 Å². The maximum atomic E-state index is 11.6. The molecule has 1 aliphatic carbocycles. The van der Waals surface area contributed by atoms with Crippen LogP contribution in [0.5, 0.6) is 11.8 Å². The first-order valence-electron chi connectivity index (χ1n) is 5.83. The summed E-state index contributed by atoms with van der Waals surface area (Å²) in [4.78, 5) is 19.1. The first kappa shape index (κ1) is 13.7. The summed E-state index contributed by atoms with van der Waals surface area (Å²) in [5, 5.41) is 0. The van der Waals surface area contributed by atoms with Gasteiger partial charge in [-0.1, -0.05) is 6.08 Å². The van der Waals surface area contributed by atoms with Crippen LogP contribution in [0.15, 0.2) is 24.0 Å². The van der Waals surface area contributed by atoms with Crippen molar-refractivity contribution >= 4 is 17.8 Å². The minimum atomic E-state index is -0.963. The Labute approximate surface area is 115 Å². The molecule has 1 aliphatic rings. The molecule has 0 atom stereocenters. The van der Waals surface area contributed by atoms with E-state index in [0.29, 0.717) is 5.76 Å². The molecule has 20 heavy (non-hydrogen) atoms. The number of hydrogen-bond donors (Lipinski definition) is 2. The highest BCUT2D eigenvalue weighted by Crippen LogP contribution is 2.28. The van der Waals surface area contributed by atoms with Gasteiger partial charge in [-0.2, -0.15) is 9.97 Å². The normalized spacial score (nSPS) is 13.6. The molecule has 8 nitrogen and oxygen atoms in total. The molecule has 0 spiro atoms. The number of aromatic nitrogens is 2. The summed E-state index contributed by atoms with van der Waals surface area (Å²) < 4.78 is 14.8. The number of methoxy groups -OCH3 is 1. The highest BCUT2D eigenvalue weighted by molar-refractivity contribution is 5.69. The number of nitrogens with two attached hydrogens (primary N) is 2. The van der Waals surface area contributed by atoms with Crippen LogP contribution >= 0.6 is 0 Å². The van der Waals surface area contributed by atoms with Crippen LogP contribution in [0.3, 0.4) is 0 Å². The highest BCUT2D eigenvalue weighted by atomic mass is 16.7. The smallest absolute Gasteiger partial charge is 0.479 e. The van der Waals surface area contributed by atoms with Crippen molar-refractivity contribution in [3.8, 4) is 11.8 Å². The number of anilines is 2. The molecule has 0 unspecified atom stereocenters. The van der Waals surface area contributed by atoms with E-state index in [2.05, 4.69) is 9.97 Å². The highest BCUT2D eigenvalue weighted by Gasteiger charge is 2.17. The van der Waals surface area contributed by atoms with Gasteiger partial charge in [-0.15, -0.1) is 0 Å². The minimum Gasteiger partial charge on any atom is -0.479 e. The molecule has 0 amide bonds. The van der Waals surface area contributed by atoms with E-state index in [-0.39, 0.29) is 23.4 Å². The van der Waals surface area contributed by atoms with E-state index in [1.807, 2.05) is 6.08 Å². The Hall–Kier alpha value is -2.77. The second-order valence-electron chi connectivity index (χ2n) is 3.85. The summed E-state index contributed by atoms with van der Waals surface area (Å²) in [5.41, 5.74) is 11.1. The van der Waals surface area contributed by atoms with Crippen LogP contribution < -0.4 is 20.9 Å². The van der Waals surface area contributed by atoms with Crippen LogP contribution in [0, 0.1) is 0 Å². The van der Waals surface area contributed by atoms with Crippen LogP contribution in [0.25, 0.3) is 0 Å². The fourth-order valence-electron chi connectivity index (χ4n) is 1.54. The third-order valence-corrected chi connectivity index (χ3v) is 2.43. The molecule has 0 saturated heterocycles. The number of ether oxygens (including phenoxy) is 3. The SMILES string of the molecule is COc1nc(N)nc(OC(=O)OC2=CCCC=C2)c1N. The number of carbonyl (C=O) groups is 1. The number of nitrogen functional groups attached to an aromatic ring is 2. The van der Waals surface area contributed by atoms with Crippen LogP contribution in [0.2, 0.25) is 0 Å². The summed E-state index contributed by atoms with van der Waals surface area (Å²) in [6.45, 7) is 0.